The van der Waals surface area contributed by atoms with Gasteiger partial charge in [0.15, 0.2) is 0 Å². The molecule has 2 unspecified atom stereocenters. The van der Waals surface area contributed by atoms with Crippen LogP contribution in [-0.2, 0) is 6.54 Å². The standard InChI is InChI=1S/C16H24N2O/c1-12-9-14(11-18(12)15-5-6-15)17-10-13-3-7-16(19-2)8-4-13/h3-4,7-8,12,14-15,17H,5-6,9-11H2,1-2H3. The van der Waals surface area contributed by atoms with E-state index < -0.39 is 0 Å². The van der Waals surface area contributed by atoms with Gasteiger partial charge in [-0.15, -0.1) is 0 Å². The van der Waals surface area contributed by atoms with Crippen molar-refractivity contribution in [1.82, 2.24) is 10.2 Å². The van der Waals surface area contributed by atoms with E-state index in [0.29, 0.717) is 6.04 Å². The third kappa shape index (κ3) is 3.10. The second-order valence-electron chi connectivity index (χ2n) is 5.94. The molecule has 19 heavy (non-hydrogen) atoms. The second kappa shape index (κ2) is 5.51. The highest BCUT2D eigenvalue weighted by atomic mass is 16.5. The molecule has 2 fully saturated rings. The normalized spacial score (nSPS) is 27.7. The Hall–Kier alpha value is -1.06. The lowest BCUT2D eigenvalue weighted by Crippen LogP contribution is -2.33. The maximum absolute atomic E-state index is 5.18. The number of hydrogen-bond donors (Lipinski definition) is 1. The highest BCUT2D eigenvalue weighted by molar-refractivity contribution is 5.27. The average molecular weight is 260 g/mol. The summed E-state index contributed by atoms with van der Waals surface area (Å²) in [6.45, 7) is 4.55. The molecule has 0 amide bonds. The molecule has 2 atom stereocenters. The Morgan fingerprint density at radius 1 is 1.26 bits per heavy atom. The van der Waals surface area contributed by atoms with Gasteiger partial charge in [0.25, 0.3) is 0 Å². The lowest BCUT2D eigenvalue weighted by molar-refractivity contribution is 0.255. The monoisotopic (exact) mass is 260 g/mol. The number of hydrogen-bond acceptors (Lipinski definition) is 3. The lowest BCUT2D eigenvalue weighted by atomic mass is 10.1. The van der Waals surface area contributed by atoms with Gasteiger partial charge in [0.1, 0.15) is 5.75 Å². The van der Waals surface area contributed by atoms with Gasteiger partial charge in [0.2, 0.25) is 0 Å². The first-order valence-electron chi connectivity index (χ1n) is 7.38. The highest BCUT2D eigenvalue weighted by Gasteiger charge is 2.38. The van der Waals surface area contributed by atoms with E-state index >= 15 is 0 Å². The zero-order chi connectivity index (χ0) is 13.2. The fourth-order valence-electron chi connectivity index (χ4n) is 3.12. The molecule has 1 aliphatic heterocycles. The van der Waals surface area contributed by atoms with Crippen LogP contribution in [0.4, 0.5) is 0 Å². The molecule has 1 aliphatic carbocycles. The molecule has 3 nitrogen and oxygen atoms in total. The molecule has 1 aromatic carbocycles. The van der Waals surface area contributed by atoms with Crippen LogP contribution < -0.4 is 10.1 Å². The molecule has 3 rings (SSSR count). The van der Waals surface area contributed by atoms with Crippen molar-refractivity contribution < 1.29 is 4.74 Å². The molecule has 1 N–H and O–H groups in total. The summed E-state index contributed by atoms with van der Waals surface area (Å²) >= 11 is 0. The first-order chi connectivity index (χ1) is 9.26. The van der Waals surface area contributed by atoms with Crippen LogP contribution in [0.1, 0.15) is 31.7 Å². The minimum atomic E-state index is 0.651. The summed E-state index contributed by atoms with van der Waals surface area (Å²) in [5.74, 6) is 0.929. The largest absolute Gasteiger partial charge is 0.497 e. The molecule has 3 heteroatoms. The molecule has 0 aromatic heterocycles. The molecular weight excluding hydrogens is 236 g/mol. The van der Waals surface area contributed by atoms with Gasteiger partial charge in [0, 0.05) is 31.2 Å². The van der Waals surface area contributed by atoms with Crippen molar-refractivity contribution in [2.75, 3.05) is 13.7 Å². The molecule has 0 spiro atoms. The number of benzene rings is 1. The number of rotatable bonds is 5. The van der Waals surface area contributed by atoms with Crippen molar-refractivity contribution in [3.05, 3.63) is 29.8 Å². The Morgan fingerprint density at radius 3 is 2.63 bits per heavy atom. The number of likely N-dealkylation sites (tertiary alicyclic amines) is 1. The maximum Gasteiger partial charge on any atom is 0.118 e. The smallest absolute Gasteiger partial charge is 0.118 e. The van der Waals surface area contributed by atoms with Crippen molar-refractivity contribution >= 4 is 0 Å². The average Bonchev–Trinajstić information content (AvgIpc) is 3.21. The Balaban J connectivity index is 1.49. The van der Waals surface area contributed by atoms with Crippen LogP contribution in [0.2, 0.25) is 0 Å². The Labute approximate surface area is 115 Å². The van der Waals surface area contributed by atoms with Gasteiger partial charge < -0.3 is 10.1 Å². The molecule has 1 heterocycles. The van der Waals surface area contributed by atoms with Crippen LogP contribution >= 0.6 is 0 Å². The first kappa shape index (κ1) is 12.9. The van der Waals surface area contributed by atoms with E-state index in [0.717, 1.165) is 24.4 Å². The zero-order valence-corrected chi connectivity index (χ0v) is 11.9. The topological polar surface area (TPSA) is 24.5 Å². The fourth-order valence-corrected chi connectivity index (χ4v) is 3.12. The van der Waals surface area contributed by atoms with Crippen LogP contribution in [-0.4, -0.2) is 36.7 Å². The summed E-state index contributed by atoms with van der Waals surface area (Å²) in [4.78, 5) is 2.69. The summed E-state index contributed by atoms with van der Waals surface area (Å²) < 4.78 is 5.18. The minimum absolute atomic E-state index is 0.651. The van der Waals surface area contributed by atoms with Gasteiger partial charge in [-0.1, -0.05) is 12.1 Å². The quantitative estimate of drug-likeness (QED) is 0.880. The molecular formula is C16H24N2O. The molecule has 1 aromatic rings. The molecule has 2 aliphatic rings. The third-order valence-corrected chi connectivity index (χ3v) is 4.39. The van der Waals surface area contributed by atoms with Crippen molar-refractivity contribution in [2.24, 2.45) is 0 Å². The van der Waals surface area contributed by atoms with E-state index in [2.05, 4.69) is 29.3 Å². The summed E-state index contributed by atoms with van der Waals surface area (Å²) in [5, 5.41) is 3.70. The van der Waals surface area contributed by atoms with Crippen LogP contribution in [0.3, 0.4) is 0 Å². The van der Waals surface area contributed by atoms with E-state index in [1.165, 1.54) is 31.4 Å². The third-order valence-electron chi connectivity index (χ3n) is 4.39. The Bertz CT molecular complexity index is 413. The van der Waals surface area contributed by atoms with Crippen molar-refractivity contribution in [2.45, 2.75) is 50.9 Å². The van der Waals surface area contributed by atoms with Crippen LogP contribution in [0.5, 0.6) is 5.75 Å². The highest BCUT2D eigenvalue weighted by Crippen LogP contribution is 2.33. The van der Waals surface area contributed by atoms with Gasteiger partial charge in [0.05, 0.1) is 7.11 Å². The predicted octanol–water partition coefficient (Wildman–Crippen LogP) is 2.41. The van der Waals surface area contributed by atoms with E-state index in [-0.39, 0.29) is 0 Å². The van der Waals surface area contributed by atoms with Gasteiger partial charge in [-0.25, -0.2) is 0 Å². The number of methoxy groups -OCH3 is 1. The predicted molar refractivity (Wildman–Crippen MR) is 77.4 cm³/mol. The number of nitrogens with one attached hydrogen (secondary N) is 1. The van der Waals surface area contributed by atoms with Gasteiger partial charge in [-0.3, -0.25) is 4.90 Å². The fraction of sp³-hybridized carbons (Fsp3) is 0.625. The molecule has 0 bridgehead atoms. The zero-order valence-electron chi connectivity index (χ0n) is 11.9. The van der Waals surface area contributed by atoms with Crippen LogP contribution in [0, 0.1) is 0 Å². The summed E-state index contributed by atoms with van der Waals surface area (Å²) in [5.41, 5.74) is 1.33. The molecule has 1 saturated heterocycles. The molecule has 1 saturated carbocycles. The van der Waals surface area contributed by atoms with E-state index in [9.17, 15) is 0 Å². The number of ether oxygens (including phenoxy) is 1. The van der Waals surface area contributed by atoms with E-state index in [1.54, 1.807) is 7.11 Å². The van der Waals surface area contributed by atoms with Gasteiger partial charge in [-0.2, -0.15) is 0 Å². The maximum atomic E-state index is 5.18. The van der Waals surface area contributed by atoms with Gasteiger partial charge in [-0.05, 0) is 43.9 Å². The molecule has 0 radical (unpaired) electrons. The Kier molecular flexibility index (Phi) is 3.76. The first-order valence-corrected chi connectivity index (χ1v) is 7.38. The summed E-state index contributed by atoms with van der Waals surface area (Å²) in [6.07, 6.45) is 4.11. The van der Waals surface area contributed by atoms with Gasteiger partial charge >= 0.3 is 0 Å². The second-order valence-corrected chi connectivity index (χ2v) is 5.94. The lowest BCUT2D eigenvalue weighted by Gasteiger charge is -2.19. The minimum Gasteiger partial charge on any atom is -0.497 e. The molecule has 104 valence electrons. The summed E-state index contributed by atoms with van der Waals surface area (Å²) in [7, 11) is 1.71. The van der Waals surface area contributed by atoms with Crippen LogP contribution in [0.25, 0.3) is 0 Å². The Morgan fingerprint density at radius 2 is 2.00 bits per heavy atom. The van der Waals surface area contributed by atoms with Crippen LogP contribution in [0.15, 0.2) is 24.3 Å². The number of nitrogens with zero attached hydrogens (tertiary/aromatic N) is 1. The SMILES string of the molecule is COc1ccc(CNC2CC(C)N(C3CC3)C2)cc1. The van der Waals surface area contributed by atoms with E-state index in [4.69, 9.17) is 4.74 Å². The summed E-state index contributed by atoms with van der Waals surface area (Å²) in [6, 6.07) is 10.6. The van der Waals surface area contributed by atoms with Crippen molar-refractivity contribution in [3.63, 3.8) is 0 Å². The van der Waals surface area contributed by atoms with E-state index in [1.807, 2.05) is 12.1 Å². The van der Waals surface area contributed by atoms with Crippen molar-refractivity contribution in [1.29, 1.82) is 0 Å². The van der Waals surface area contributed by atoms with Crippen molar-refractivity contribution in [3.8, 4) is 5.75 Å².